The van der Waals surface area contributed by atoms with Gasteiger partial charge in [0.15, 0.2) is 0 Å². The monoisotopic (exact) mass is 618 g/mol. The molecule has 0 aliphatic rings. The minimum Gasteiger partial charge on any atom is -0.461 e. The molecule has 0 bridgehead atoms. The van der Waals surface area contributed by atoms with Gasteiger partial charge in [-0.3, -0.25) is 0 Å². The summed E-state index contributed by atoms with van der Waals surface area (Å²) in [5.74, 6) is -0.630. The molecule has 2 N–H and O–H groups in total. The number of halogens is 1. The van der Waals surface area contributed by atoms with Gasteiger partial charge in [-0.2, -0.15) is 0 Å². The highest BCUT2D eigenvalue weighted by molar-refractivity contribution is 14.1. The number of hydrogen-bond donors (Lipinski definition) is 2. The Bertz CT molecular complexity index is 1650. The van der Waals surface area contributed by atoms with E-state index in [0.717, 1.165) is 45.8 Å². The average Bonchev–Trinajstić information content (AvgIpc) is 3.62. The number of aromatic amines is 2. The standard InChI is InChI=1S/C12H9IN2O2S.C12H10N2O2S/c1-2-17-12(16)11-10(13)6-3-9-8(14-5-18-9)4-7(6)15-11;1-2-16-12(15)10-3-7-4-11-9(13-6-17-11)5-8(7)14-10/h3-5,15H,2H2,1H3;3-6,14H,2H2,1H3. The zero-order chi connectivity index (χ0) is 24.5. The Labute approximate surface area is 220 Å². The van der Waals surface area contributed by atoms with Crippen molar-refractivity contribution in [2.24, 2.45) is 0 Å². The molecule has 0 unspecified atom stereocenters. The van der Waals surface area contributed by atoms with Crippen molar-refractivity contribution in [1.29, 1.82) is 0 Å². The van der Waals surface area contributed by atoms with E-state index in [1.54, 1.807) is 36.5 Å². The van der Waals surface area contributed by atoms with Crippen molar-refractivity contribution < 1.29 is 19.1 Å². The fraction of sp³-hybridized carbons (Fsp3) is 0.167. The summed E-state index contributed by atoms with van der Waals surface area (Å²) in [6.07, 6.45) is 0. The van der Waals surface area contributed by atoms with Crippen molar-refractivity contribution in [3.63, 3.8) is 0 Å². The average molecular weight is 618 g/mol. The Hall–Kier alpha value is -3.03. The molecule has 0 saturated heterocycles. The molecule has 0 radical (unpaired) electrons. The molecule has 0 aliphatic carbocycles. The Morgan fingerprint density at radius 3 is 2.17 bits per heavy atom. The largest absolute Gasteiger partial charge is 0.461 e. The van der Waals surface area contributed by atoms with Gasteiger partial charge in [0.2, 0.25) is 0 Å². The lowest BCUT2D eigenvalue weighted by Gasteiger charge is -1.98. The van der Waals surface area contributed by atoms with E-state index >= 15 is 0 Å². The number of ether oxygens (including phenoxy) is 2. The van der Waals surface area contributed by atoms with E-state index in [-0.39, 0.29) is 11.9 Å². The van der Waals surface area contributed by atoms with Crippen LogP contribution in [-0.4, -0.2) is 45.1 Å². The van der Waals surface area contributed by atoms with Gasteiger partial charge >= 0.3 is 11.9 Å². The summed E-state index contributed by atoms with van der Waals surface area (Å²) in [6.45, 7) is 4.35. The number of benzene rings is 2. The smallest absolute Gasteiger partial charge is 0.355 e. The van der Waals surface area contributed by atoms with E-state index in [1.165, 1.54) is 0 Å². The summed E-state index contributed by atoms with van der Waals surface area (Å²) in [4.78, 5) is 38.1. The number of carbonyl (C=O) groups is 2. The SMILES string of the molecule is CCOC(=O)c1[nH]c2cc3ncsc3cc2c1I.CCOC(=O)c1cc2cc3scnc3cc2[nH]1. The van der Waals surface area contributed by atoms with Gasteiger partial charge in [-0.15, -0.1) is 22.7 Å². The summed E-state index contributed by atoms with van der Waals surface area (Å²) in [7, 11) is 0. The minimum absolute atomic E-state index is 0.311. The number of carbonyl (C=O) groups excluding carboxylic acids is 2. The van der Waals surface area contributed by atoms with Crippen molar-refractivity contribution in [2.45, 2.75) is 13.8 Å². The second kappa shape index (κ2) is 9.91. The number of nitrogens with one attached hydrogen (secondary N) is 2. The van der Waals surface area contributed by atoms with Crippen LogP contribution in [0.15, 0.2) is 41.4 Å². The number of rotatable bonds is 4. The number of fused-ring (bicyclic) bond motifs is 4. The van der Waals surface area contributed by atoms with Crippen molar-refractivity contribution in [3.8, 4) is 0 Å². The third kappa shape index (κ3) is 4.62. The molecule has 11 heteroatoms. The van der Waals surface area contributed by atoms with Crippen LogP contribution in [0.3, 0.4) is 0 Å². The van der Waals surface area contributed by atoms with Crippen molar-refractivity contribution in [1.82, 2.24) is 19.9 Å². The lowest BCUT2D eigenvalue weighted by molar-refractivity contribution is 0.0510. The molecule has 0 fully saturated rings. The number of esters is 2. The molecule has 4 aromatic heterocycles. The van der Waals surface area contributed by atoms with E-state index in [2.05, 4.69) is 48.6 Å². The second-order valence-electron chi connectivity index (χ2n) is 7.42. The van der Waals surface area contributed by atoms with Crippen LogP contribution in [-0.2, 0) is 9.47 Å². The highest BCUT2D eigenvalue weighted by Gasteiger charge is 2.17. The first-order valence-corrected chi connectivity index (χ1v) is 13.6. The Kier molecular flexibility index (Phi) is 6.71. The predicted molar refractivity (Wildman–Crippen MR) is 148 cm³/mol. The zero-order valence-corrected chi connectivity index (χ0v) is 22.5. The number of nitrogens with zero attached hydrogens (tertiary/aromatic N) is 2. The van der Waals surface area contributed by atoms with E-state index in [9.17, 15) is 9.59 Å². The van der Waals surface area contributed by atoms with Crippen LogP contribution in [0.1, 0.15) is 34.8 Å². The molecule has 6 aromatic rings. The Morgan fingerprint density at radius 1 is 0.857 bits per heavy atom. The van der Waals surface area contributed by atoms with Crippen LogP contribution in [0.4, 0.5) is 0 Å². The van der Waals surface area contributed by atoms with E-state index in [4.69, 9.17) is 9.47 Å². The van der Waals surface area contributed by atoms with Gasteiger partial charge in [-0.1, -0.05) is 0 Å². The molecule has 178 valence electrons. The lowest BCUT2D eigenvalue weighted by Crippen LogP contribution is -2.06. The fourth-order valence-corrected chi connectivity index (χ4v) is 5.87. The van der Waals surface area contributed by atoms with E-state index in [1.807, 2.05) is 35.3 Å². The number of thiazole rings is 2. The number of H-pyrrole nitrogens is 2. The molecule has 0 spiro atoms. The summed E-state index contributed by atoms with van der Waals surface area (Å²) in [5.41, 5.74) is 8.36. The first-order chi connectivity index (χ1) is 17.0. The second-order valence-corrected chi connectivity index (χ2v) is 10.3. The van der Waals surface area contributed by atoms with Gasteiger partial charge in [-0.25, -0.2) is 19.6 Å². The third-order valence-corrected chi connectivity index (χ3v) is 7.94. The van der Waals surface area contributed by atoms with E-state index in [0.29, 0.717) is 24.6 Å². The molecule has 6 rings (SSSR count). The molecule has 0 aliphatic heterocycles. The third-order valence-electron chi connectivity index (χ3n) is 5.23. The molecule has 0 atom stereocenters. The predicted octanol–water partition coefficient (Wildman–Crippen LogP) is 6.51. The summed E-state index contributed by atoms with van der Waals surface area (Å²) in [5, 5.41) is 2.04. The number of aromatic nitrogens is 4. The summed E-state index contributed by atoms with van der Waals surface area (Å²) < 4.78 is 13.1. The maximum atomic E-state index is 11.8. The van der Waals surface area contributed by atoms with Crippen LogP contribution in [0, 0.1) is 3.57 Å². The molecule has 4 heterocycles. The van der Waals surface area contributed by atoms with Gasteiger partial charge in [0.1, 0.15) is 11.4 Å². The van der Waals surface area contributed by atoms with Crippen LogP contribution in [0.2, 0.25) is 0 Å². The topological polar surface area (TPSA) is 110 Å². The Morgan fingerprint density at radius 2 is 1.49 bits per heavy atom. The summed E-state index contributed by atoms with van der Waals surface area (Å²) in [6, 6.07) is 9.81. The highest BCUT2D eigenvalue weighted by atomic mass is 127. The van der Waals surface area contributed by atoms with Gasteiger partial charge in [0, 0.05) is 21.8 Å². The maximum absolute atomic E-state index is 11.8. The molecule has 2 aromatic carbocycles. The minimum atomic E-state index is -0.319. The van der Waals surface area contributed by atoms with Crippen molar-refractivity contribution >= 4 is 99.4 Å². The quantitative estimate of drug-likeness (QED) is 0.172. The van der Waals surface area contributed by atoms with Gasteiger partial charge in [-0.05, 0) is 66.8 Å². The molecular formula is C24H19IN4O4S2. The molecule has 0 amide bonds. The van der Waals surface area contributed by atoms with Crippen molar-refractivity contribution in [2.75, 3.05) is 13.2 Å². The zero-order valence-electron chi connectivity index (χ0n) is 18.7. The molecule has 0 saturated carbocycles. The van der Waals surface area contributed by atoms with Gasteiger partial charge < -0.3 is 19.4 Å². The van der Waals surface area contributed by atoms with Gasteiger partial charge in [0.25, 0.3) is 0 Å². The number of hydrogen-bond acceptors (Lipinski definition) is 8. The van der Waals surface area contributed by atoms with Crippen LogP contribution < -0.4 is 0 Å². The lowest BCUT2D eigenvalue weighted by atomic mass is 10.2. The van der Waals surface area contributed by atoms with Crippen LogP contribution in [0.25, 0.3) is 42.2 Å². The molecule has 8 nitrogen and oxygen atoms in total. The van der Waals surface area contributed by atoms with E-state index < -0.39 is 0 Å². The van der Waals surface area contributed by atoms with Crippen LogP contribution in [0.5, 0.6) is 0 Å². The fourth-order valence-electron chi connectivity index (χ4n) is 3.66. The normalized spacial score (nSPS) is 11.2. The van der Waals surface area contributed by atoms with Crippen molar-refractivity contribution in [3.05, 3.63) is 56.3 Å². The Balaban J connectivity index is 0.000000145. The highest BCUT2D eigenvalue weighted by Crippen LogP contribution is 2.30. The molecule has 35 heavy (non-hydrogen) atoms. The first kappa shape index (κ1) is 23.7. The first-order valence-electron chi connectivity index (χ1n) is 10.7. The maximum Gasteiger partial charge on any atom is 0.355 e. The van der Waals surface area contributed by atoms with Gasteiger partial charge in [0.05, 0.1) is 48.2 Å². The van der Waals surface area contributed by atoms with Crippen LogP contribution >= 0.6 is 45.3 Å². The summed E-state index contributed by atoms with van der Waals surface area (Å²) >= 11 is 5.35. The molecular weight excluding hydrogens is 599 g/mol.